The number of carbonyl (C=O) groups is 1. The largest absolute Gasteiger partial charge is 0.366 e. The van der Waals surface area contributed by atoms with Gasteiger partial charge in [-0.05, 0) is 25.1 Å². The fraction of sp³-hybridized carbons (Fsp3) is 0.333. The number of ketones is 1. The Morgan fingerprint density at radius 2 is 1.90 bits per heavy atom. The van der Waals surface area contributed by atoms with Gasteiger partial charge in [-0.3, -0.25) is 14.8 Å². The van der Waals surface area contributed by atoms with Crippen LogP contribution in [0.5, 0.6) is 0 Å². The van der Waals surface area contributed by atoms with E-state index >= 15 is 0 Å². The maximum Gasteiger partial charge on any atom is 0.178 e. The van der Waals surface area contributed by atoms with E-state index in [1.165, 1.54) is 18.3 Å². The molecule has 1 aliphatic heterocycles. The number of halogens is 2. The van der Waals surface area contributed by atoms with Crippen LogP contribution in [0, 0.1) is 11.6 Å². The van der Waals surface area contributed by atoms with E-state index in [2.05, 4.69) is 25.1 Å². The van der Waals surface area contributed by atoms with Crippen molar-refractivity contribution < 1.29 is 13.6 Å². The molecule has 3 heterocycles. The molecule has 1 aromatic carbocycles. The van der Waals surface area contributed by atoms with Crippen LogP contribution >= 0.6 is 0 Å². The van der Waals surface area contributed by atoms with Crippen molar-refractivity contribution in [1.29, 1.82) is 0 Å². The van der Waals surface area contributed by atoms with E-state index in [1.54, 1.807) is 18.5 Å². The van der Waals surface area contributed by atoms with Gasteiger partial charge in [-0.25, -0.2) is 18.7 Å². The number of nitrogens with zero attached hydrogens (tertiary/aromatic N) is 5. The highest BCUT2D eigenvalue weighted by molar-refractivity contribution is 6.00. The number of piperazine rings is 1. The van der Waals surface area contributed by atoms with Crippen molar-refractivity contribution in [3.63, 3.8) is 0 Å². The van der Waals surface area contributed by atoms with E-state index in [4.69, 9.17) is 0 Å². The molecule has 0 spiro atoms. The molecule has 1 atom stereocenters. The molecule has 1 aliphatic rings. The molecule has 3 aromatic rings. The van der Waals surface area contributed by atoms with E-state index in [1.807, 2.05) is 11.8 Å². The summed E-state index contributed by atoms with van der Waals surface area (Å²) < 4.78 is 27.1. The first-order valence-corrected chi connectivity index (χ1v) is 9.80. The lowest BCUT2D eigenvalue weighted by molar-refractivity contribution is 0.0959. The average molecular weight is 412 g/mol. The Balaban J connectivity index is 1.36. The molecule has 1 N–H and O–H groups in total. The minimum atomic E-state index is -0.580. The van der Waals surface area contributed by atoms with Crippen LogP contribution in [-0.4, -0.2) is 63.1 Å². The third-order valence-electron chi connectivity index (χ3n) is 5.27. The molecule has 4 rings (SSSR count). The lowest BCUT2D eigenvalue weighted by atomic mass is 10.1. The van der Waals surface area contributed by atoms with E-state index in [-0.39, 0.29) is 11.8 Å². The molecule has 1 fully saturated rings. The van der Waals surface area contributed by atoms with Gasteiger partial charge in [0, 0.05) is 62.8 Å². The van der Waals surface area contributed by atoms with Gasteiger partial charge in [-0.2, -0.15) is 5.10 Å². The molecule has 30 heavy (non-hydrogen) atoms. The monoisotopic (exact) mass is 412 g/mol. The SMILES string of the molecule is CC1CN(CCC(=O)c2cn[nH]c2-c2ncccn2)CCN1c1cc(F)cc(F)c1. The molecule has 7 nitrogen and oxygen atoms in total. The normalized spacial score (nSPS) is 17.3. The Kier molecular flexibility index (Phi) is 5.80. The van der Waals surface area contributed by atoms with Gasteiger partial charge in [-0.1, -0.05) is 0 Å². The zero-order valence-electron chi connectivity index (χ0n) is 16.6. The maximum absolute atomic E-state index is 13.6. The van der Waals surface area contributed by atoms with Crippen molar-refractivity contribution in [2.24, 2.45) is 0 Å². The van der Waals surface area contributed by atoms with Crippen LogP contribution in [0.1, 0.15) is 23.7 Å². The molecule has 1 saturated heterocycles. The Labute approximate surface area is 172 Å². The third kappa shape index (κ3) is 4.35. The predicted octanol–water partition coefficient (Wildman–Crippen LogP) is 2.93. The molecular weight excluding hydrogens is 390 g/mol. The molecule has 0 amide bonds. The summed E-state index contributed by atoms with van der Waals surface area (Å²) in [5.41, 5.74) is 1.54. The van der Waals surface area contributed by atoms with E-state index in [9.17, 15) is 13.6 Å². The number of Topliss-reactive ketones (excluding diaryl/α,β-unsaturated/α-hetero) is 1. The summed E-state index contributed by atoms with van der Waals surface area (Å²) in [5.74, 6) is -0.761. The van der Waals surface area contributed by atoms with Gasteiger partial charge >= 0.3 is 0 Å². The summed E-state index contributed by atoms with van der Waals surface area (Å²) in [5, 5.41) is 6.78. The number of aromatic nitrogens is 4. The van der Waals surface area contributed by atoms with Crippen molar-refractivity contribution in [2.75, 3.05) is 31.1 Å². The molecule has 1 unspecified atom stereocenters. The summed E-state index contributed by atoms with van der Waals surface area (Å²) in [6.45, 7) is 4.64. The topological polar surface area (TPSA) is 78.0 Å². The van der Waals surface area contributed by atoms with Crippen molar-refractivity contribution >= 4 is 11.5 Å². The quantitative estimate of drug-likeness (QED) is 0.628. The second-order valence-corrected chi connectivity index (χ2v) is 7.37. The second-order valence-electron chi connectivity index (χ2n) is 7.37. The van der Waals surface area contributed by atoms with Crippen molar-refractivity contribution in [3.05, 3.63) is 60.1 Å². The Morgan fingerprint density at radius 3 is 2.60 bits per heavy atom. The van der Waals surface area contributed by atoms with Gasteiger partial charge < -0.3 is 4.90 Å². The van der Waals surface area contributed by atoms with Crippen molar-refractivity contribution in [3.8, 4) is 11.5 Å². The third-order valence-corrected chi connectivity index (χ3v) is 5.27. The van der Waals surface area contributed by atoms with Crippen LogP contribution in [0.2, 0.25) is 0 Å². The van der Waals surface area contributed by atoms with Crippen LogP contribution in [0.4, 0.5) is 14.5 Å². The highest BCUT2D eigenvalue weighted by Gasteiger charge is 2.25. The van der Waals surface area contributed by atoms with Crippen LogP contribution in [0.15, 0.2) is 42.9 Å². The second kappa shape index (κ2) is 8.66. The highest BCUT2D eigenvalue weighted by atomic mass is 19.1. The number of anilines is 1. The Morgan fingerprint density at radius 1 is 1.17 bits per heavy atom. The minimum Gasteiger partial charge on any atom is -0.366 e. The van der Waals surface area contributed by atoms with E-state index in [0.717, 1.165) is 6.07 Å². The number of nitrogens with one attached hydrogen (secondary N) is 1. The highest BCUT2D eigenvalue weighted by Crippen LogP contribution is 2.23. The zero-order valence-corrected chi connectivity index (χ0v) is 16.6. The molecule has 0 saturated carbocycles. The van der Waals surface area contributed by atoms with E-state index < -0.39 is 11.6 Å². The molecule has 0 aliphatic carbocycles. The average Bonchev–Trinajstić information content (AvgIpc) is 3.22. The number of H-pyrrole nitrogens is 1. The van der Waals surface area contributed by atoms with Crippen LogP contribution in [0.25, 0.3) is 11.5 Å². The Hall–Kier alpha value is -3.20. The summed E-state index contributed by atoms with van der Waals surface area (Å²) in [4.78, 5) is 25.3. The minimum absolute atomic E-state index is 0.0338. The first-order valence-electron chi connectivity index (χ1n) is 9.80. The lowest BCUT2D eigenvalue weighted by Crippen LogP contribution is -2.52. The summed E-state index contributed by atoms with van der Waals surface area (Å²) in [6, 6.07) is 5.36. The zero-order chi connectivity index (χ0) is 21.1. The summed E-state index contributed by atoms with van der Waals surface area (Å²) in [6.07, 6.45) is 5.07. The van der Waals surface area contributed by atoms with Crippen LogP contribution in [-0.2, 0) is 0 Å². The molecule has 156 valence electrons. The van der Waals surface area contributed by atoms with Gasteiger partial charge in [0.05, 0.1) is 11.8 Å². The van der Waals surface area contributed by atoms with E-state index in [0.29, 0.717) is 55.4 Å². The number of aromatic amines is 1. The van der Waals surface area contributed by atoms with Gasteiger partial charge in [-0.15, -0.1) is 0 Å². The Bertz CT molecular complexity index is 1010. The number of carbonyl (C=O) groups excluding carboxylic acids is 1. The number of rotatable bonds is 6. The first-order chi connectivity index (χ1) is 14.5. The first kappa shape index (κ1) is 20.1. The smallest absolute Gasteiger partial charge is 0.178 e. The number of hydrogen-bond acceptors (Lipinski definition) is 6. The van der Waals surface area contributed by atoms with Gasteiger partial charge in [0.25, 0.3) is 0 Å². The van der Waals surface area contributed by atoms with Crippen molar-refractivity contribution in [1.82, 2.24) is 25.1 Å². The van der Waals surface area contributed by atoms with Gasteiger partial charge in [0.1, 0.15) is 17.3 Å². The fourth-order valence-electron chi connectivity index (χ4n) is 3.82. The maximum atomic E-state index is 13.6. The van der Waals surface area contributed by atoms with Crippen LogP contribution < -0.4 is 4.90 Å². The molecule has 9 heteroatoms. The number of benzene rings is 1. The molecule has 0 bridgehead atoms. The standard InChI is InChI=1S/C21H22F2N6O/c1-14-13-28(7-8-29(14)17-10-15(22)9-16(23)11-17)6-3-19(30)18-12-26-27-20(18)21-24-4-2-5-25-21/h2,4-5,9-12,14H,3,6-8,13H2,1H3,(H,26,27). The summed E-state index contributed by atoms with van der Waals surface area (Å²) >= 11 is 0. The van der Waals surface area contributed by atoms with Gasteiger partial charge in [0.2, 0.25) is 0 Å². The molecule has 0 radical (unpaired) electrons. The molecular formula is C21H22F2N6O. The lowest BCUT2D eigenvalue weighted by Gasteiger charge is -2.41. The number of hydrogen-bond donors (Lipinski definition) is 1. The predicted molar refractivity (Wildman–Crippen MR) is 108 cm³/mol. The molecule has 2 aromatic heterocycles. The van der Waals surface area contributed by atoms with Crippen molar-refractivity contribution in [2.45, 2.75) is 19.4 Å². The summed E-state index contributed by atoms with van der Waals surface area (Å²) in [7, 11) is 0. The van der Waals surface area contributed by atoms with Crippen LogP contribution in [0.3, 0.4) is 0 Å². The fourth-order valence-corrected chi connectivity index (χ4v) is 3.82. The van der Waals surface area contributed by atoms with Gasteiger partial charge in [0.15, 0.2) is 11.6 Å².